The Morgan fingerprint density at radius 2 is 1.70 bits per heavy atom. The van der Waals surface area contributed by atoms with Gasteiger partial charge in [0.1, 0.15) is 0 Å². The second kappa shape index (κ2) is 2.86. The highest BCUT2D eigenvalue weighted by atomic mass is 32.2. The summed E-state index contributed by atoms with van der Waals surface area (Å²) < 4.78 is 26.2. The Kier molecular flexibility index (Phi) is 2.82. The smallest absolute Gasteiger partial charge is 0.316 e. The molecule has 0 spiro atoms. The first-order valence-electron chi connectivity index (χ1n) is 2.85. The predicted molar refractivity (Wildman–Crippen MR) is 38.8 cm³/mol. The fraction of sp³-hybridized carbons (Fsp3) is 1.00. The Hall–Kier alpha value is -0.130. The van der Waals surface area contributed by atoms with Gasteiger partial charge < -0.3 is 4.48 Å². The average Bonchev–Trinajstić information content (AvgIpc) is 1.60. The van der Waals surface area contributed by atoms with E-state index in [-0.39, 0.29) is 5.88 Å². The van der Waals surface area contributed by atoms with Crippen LogP contribution in [0, 0.1) is 0 Å². The van der Waals surface area contributed by atoms with Crippen molar-refractivity contribution in [1.29, 1.82) is 0 Å². The molecule has 0 aliphatic heterocycles. The lowest BCUT2D eigenvalue weighted by Crippen LogP contribution is -2.39. The predicted octanol–water partition coefficient (Wildman–Crippen LogP) is -0.374. The van der Waals surface area contributed by atoms with Crippen molar-refractivity contribution in [3.05, 3.63) is 0 Å². The van der Waals surface area contributed by atoms with E-state index in [2.05, 4.69) is 4.18 Å². The molecule has 0 unspecified atom stereocenters. The van der Waals surface area contributed by atoms with Gasteiger partial charge in [-0.25, -0.2) is 0 Å². The molecule has 0 aliphatic rings. The van der Waals surface area contributed by atoms with Crippen molar-refractivity contribution in [2.45, 2.75) is 0 Å². The second-order valence-corrected chi connectivity index (χ2v) is 4.85. The monoisotopic (exact) mass is 168 g/mol. The van der Waals surface area contributed by atoms with Crippen molar-refractivity contribution in [3.63, 3.8) is 0 Å². The normalized spacial score (nSPS) is 13.6. The Morgan fingerprint density at radius 1 is 1.30 bits per heavy atom. The molecule has 62 valence electrons. The number of rotatable bonds is 3. The maximum Gasteiger partial charge on any atom is 0.318 e. The second-order valence-electron chi connectivity index (χ2n) is 3.14. The van der Waals surface area contributed by atoms with Crippen LogP contribution in [0.2, 0.25) is 0 Å². The Bertz CT molecular complexity index is 189. The van der Waals surface area contributed by atoms with E-state index in [1.165, 1.54) is 7.11 Å². The van der Waals surface area contributed by atoms with E-state index in [4.69, 9.17) is 0 Å². The summed E-state index contributed by atoms with van der Waals surface area (Å²) in [5.41, 5.74) is 0. The number of hydrogen-bond acceptors (Lipinski definition) is 3. The van der Waals surface area contributed by atoms with E-state index < -0.39 is 10.1 Å². The molecule has 0 rings (SSSR count). The van der Waals surface area contributed by atoms with Crippen LogP contribution in [0.5, 0.6) is 0 Å². The lowest BCUT2D eigenvalue weighted by Gasteiger charge is -2.22. The summed E-state index contributed by atoms with van der Waals surface area (Å²) in [5, 5.41) is 0. The molecule has 0 aromatic heterocycles. The number of nitrogens with zero attached hydrogens (tertiary/aromatic N) is 1. The lowest BCUT2D eigenvalue weighted by molar-refractivity contribution is -0.858. The van der Waals surface area contributed by atoms with E-state index in [9.17, 15) is 8.42 Å². The van der Waals surface area contributed by atoms with Crippen LogP contribution < -0.4 is 0 Å². The van der Waals surface area contributed by atoms with E-state index in [1.54, 1.807) is 21.1 Å². The molecule has 0 aliphatic carbocycles. The van der Waals surface area contributed by atoms with Crippen LogP contribution in [0.4, 0.5) is 0 Å². The van der Waals surface area contributed by atoms with Gasteiger partial charge in [0.05, 0.1) is 28.3 Å². The van der Waals surface area contributed by atoms with Gasteiger partial charge in [0, 0.05) is 0 Å². The summed E-state index contributed by atoms with van der Waals surface area (Å²) in [6.07, 6.45) is 0. The van der Waals surface area contributed by atoms with Crippen LogP contribution in [0.15, 0.2) is 0 Å². The van der Waals surface area contributed by atoms with Crippen LogP contribution in [0.25, 0.3) is 0 Å². The molecular formula is C5H14NO3S+. The van der Waals surface area contributed by atoms with Gasteiger partial charge in [-0.1, -0.05) is 0 Å². The molecule has 0 fully saturated rings. The third kappa shape index (κ3) is 4.72. The molecule has 0 atom stereocenters. The molecule has 4 nitrogen and oxygen atoms in total. The third-order valence-electron chi connectivity index (χ3n) is 0.799. The van der Waals surface area contributed by atoms with Crippen LogP contribution in [-0.2, 0) is 14.3 Å². The highest BCUT2D eigenvalue weighted by Crippen LogP contribution is 1.98. The fourth-order valence-corrected chi connectivity index (χ4v) is 1.58. The average molecular weight is 168 g/mol. The fourth-order valence-electron chi connectivity index (χ4n) is 0.527. The quantitative estimate of drug-likeness (QED) is 0.426. The zero-order valence-electron chi connectivity index (χ0n) is 6.79. The van der Waals surface area contributed by atoms with Gasteiger partial charge >= 0.3 is 10.1 Å². The maximum atomic E-state index is 10.8. The zero-order chi connectivity index (χ0) is 8.41. The standard InChI is InChI=1S/C5H14NO3S/c1-6(2,3)5-10(7,8)9-4/h5H2,1-4H3/q+1. The van der Waals surface area contributed by atoms with Gasteiger partial charge in [0.2, 0.25) is 5.88 Å². The van der Waals surface area contributed by atoms with Gasteiger partial charge in [-0.2, -0.15) is 8.42 Å². The van der Waals surface area contributed by atoms with E-state index in [0.717, 1.165) is 0 Å². The van der Waals surface area contributed by atoms with Gasteiger partial charge in [-0.3, -0.25) is 4.18 Å². The molecule has 0 bridgehead atoms. The summed E-state index contributed by atoms with van der Waals surface area (Å²) in [6.45, 7) is 0. The first-order valence-corrected chi connectivity index (χ1v) is 4.43. The molecule has 5 heteroatoms. The Morgan fingerprint density at radius 3 is 1.80 bits per heavy atom. The minimum absolute atomic E-state index is 0.00347. The summed E-state index contributed by atoms with van der Waals surface area (Å²) in [5.74, 6) is 0.00347. The van der Waals surface area contributed by atoms with Crippen LogP contribution in [0.1, 0.15) is 0 Å². The van der Waals surface area contributed by atoms with Crippen molar-refractivity contribution in [2.24, 2.45) is 0 Å². The molecule has 0 radical (unpaired) electrons. The number of quaternary nitrogens is 1. The molecular weight excluding hydrogens is 154 g/mol. The van der Waals surface area contributed by atoms with Gasteiger partial charge in [0.15, 0.2) is 0 Å². The van der Waals surface area contributed by atoms with E-state index in [1.807, 2.05) is 0 Å². The number of hydrogen-bond donors (Lipinski definition) is 0. The first-order chi connectivity index (χ1) is 4.27. The van der Waals surface area contributed by atoms with Crippen molar-refractivity contribution >= 4 is 10.1 Å². The highest BCUT2D eigenvalue weighted by Gasteiger charge is 2.19. The van der Waals surface area contributed by atoms with E-state index in [0.29, 0.717) is 4.48 Å². The van der Waals surface area contributed by atoms with Crippen molar-refractivity contribution in [1.82, 2.24) is 0 Å². The molecule has 0 amide bonds. The van der Waals surface area contributed by atoms with Crippen molar-refractivity contribution < 1.29 is 17.1 Å². The highest BCUT2D eigenvalue weighted by molar-refractivity contribution is 7.86. The van der Waals surface area contributed by atoms with Gasteiger partial charge in [-0.05, 0) is 0 Å². The third-order valence-corrected chi connectivity index (χ3v) is 2.40. The molecule has 0 aromatic carbocycles. The van der Waals surface area contributed by atoms with Crippen molar-refractivity contribution in [3.8, 4) is 0 Å². The Balaban J connectivity index is 4.18. The molecule has 0 aromatic rings. The molecule has 0 saturated carbocycles. The minimum atomic E-state index is -3.30. The molecule has 0 heterocycles. The SMILES string of the molecule is COS(=O)(=O)C[N+](C)(C)C. The lowest BCUT2D eigenvalue weighted by atomic mass is 10.8. The zero-order valence-corrected chi connectivity index (χ0v) is 7.60. The Labute approximate surface area is 62.1 Å². The minimum Gasteiger partial charge on any atom is -0.316 e. The maximum absolute atomic E-state index is 10.8. The molecule has 10 heavy (non-hydrogen) atoms. The molecule has 0 saturated heterocycles. The first kappa shape index (κ1) is 9.87. The largest absolute Gasteiger partial charge is 0.318 e. The molecule has 0 N–H and O–H groups in total. The van der Waals surface area contributed by atoms with Crippen molar-refractivity contribution in [2.75, 3.05) is 34.1 Å². The summed E-state index contributed by atoms with van der Waals surface area (Å²) in [4.78, 5) is 0. The summed E-state index contributed by atoms with van der Waals surface area (Å²) in [6, 6.07) is 0. The van der Waals surface area contributed by atoms with Crippen LogP contribution in [0.3, 0.4) is 0 Å². The summed E-state index contributed by atoms with van der Waals surface area (Å²) in [7, 11) is 3.23. The van der Waals surface area contributed by atoms with Crippen LogP contribution >= 0.6 is 0 Å². The van der Waals surface area contributed by atoms with E-state index >= 15 is 0 Å². The van der Waals surface area contributed by atoms with Crippen LogP contribution in [-0.4, -0.2) is 47.0 Å². The topological polar surface area (TPSA) is 43.4 Å². The summed E-state index contributed by atoms with van der Waals surface area (Å²) >= 11 is 0. The van der Waals surface area contributed by atoms with Gasteiger partial charge in [0.25, 0.3) is 0 Å². The van der Waals surface area contributed by atoms with Gasteiger partial charge in [-0.15, -0.1) is 0 Å².